The lowest BCUT2D eigenvalue weighted by molar-refractivity contribution is 0.0958. The molecule has 2 aromatic carbocycles. The highest BCUT2D eigenvalue weighted by molar-refractivity contribution is 6.01. The number of nitrogens with zero attached hydrogens (tertiary/aromatic N) is 1. The van der Waals surface area contributed by atoms with Crippen LogP contribution >= 0.6 is 0 Å². The van der Waals surface area contributed by atoms with Gasteiger partial charge in [-0.25, -0.2) is 4.98 Å². The Balaban J connectivity index is 2.27. The molecule has 0 spiro atoms. The summed E-state index contributed by atoms with van der Waals surface area (Å²) < 4.78 is 5.50. The van der Waals surface area contributed by atoms with Crippen LogP contribution in [-0.4, -0.2) is 25.0 Å². The van der Waals surface area contributed by atoms with E-state index in [9.17, 15) is 4.79 Å². The van der Waals surface area contributed by atoms with Crippen LogP contribution in [0.4, 0.5) is 0 Å². The van der Waals surface area contributed by atoms with Crippen molar-refractivity contribution in [1.29, 1.82) is 0 Å². The smallest absolute Gasteiger partial charge is 0.269 e. The van der Waals surface area contributed by atoms with E-state index < -0.39 is 0 Å². The van der Waals surface area contributed by atoms with E-state index in [0.29, 0.717) is 5.69 Å². The Bertz CT molecular complexity index is 829. The van der Waals surface area contributed by atoms with Gasteiger partial charge in [0.1, 0.15) is 11.4 Å². The predicted octanol–water partition coefficient (Wildman–Crippen LogP) is 3.27. The van der Waals surface area contributed by atoms with Crippen molar-refractivity contribution in [3.63, 3.8) is 0 Å². The molecule has 0 atom stereocenters. The topological polar surface area (TPSA) is 51.2 Å². The number of carbonyl (C=O) groups is 1. The van der Waals surface area contributed by atoms with Gasteiger partial charge in [0.2, 0.25) is 0 Å². The molecule has 0 aliphatic rings. The minimum atomic E-state index is -0.195. The molecule has 1 amide bonds. The van der Waals surface area contributed by atoms with Gasteiger partial charge in [-0.2, -0.15) is 0 Å². The number of ether oxygens (including phenoxy) is 1. The summed E-state index contributed by atoms with van der Waals surface area (Å²) in [5.74, 6) is 0.590. The molecular weight excluding hydrogens is 276 g/mol. The van der Waals surface area contributed by atoms with Crippen molar-refractivity contribution < 1.29 is 9.53 Å². The zero-order valence-corrected chi connectivity index (χ0v) is 12.5. The van der Waals surface area contributed by atoms with E-state index in [1.165, 1.54) is 0 Å². The first kappa shape index (κ1) is 14.1. The Morgan fingerprint density at radius 1 is 1.05 bits per heavy atom. The number of hydrogen-bond acceptors (Lipinski definition) is 3. The number of carbonyl (C=O) groups excluding carboxylic acids is 1. The number of amides is 1. The lowest BCUT2D eigenvalue weighted by Gasteiger charge is -2.12. The SMILES string of the molecule is CNC(=O)c1ccc2c(-c3ccccc3)c(OC)ccc2n1. The van der Waals surface area contributed by atoms with Gasteiger partial charge in [0.25, 0.3) is 5.91 Å². The maximum Gasteiger partial charge on any atom is 0.269 e. The number of benzene rings is 2. The lowest BCUT2D eigenvalue weighted by Crippen LogP contribution is -2.19. The van der Waals surface area contributed by atoms with Crippen LogP contribution in [0.15, 0.2) is 54.6 Å². The van der Waals surface area contributed by atoms with Crippen LogP contribution in [0.5, 0.6) is 5.75 Å². The monoisotopic (exact) mass is 292 g/mol. The van der Waals surface area contributed by atoms with Crippen molar-refractivity contribution in [3.05, 3.63) is 60.3 Å². The molecule has 0 aliphatic heterocycles. The summed E-state index contributed by atoms with van der Waals surface area (Å²) in [5.41, 5.74) is 3.20. The maximum atomic E-state index is 11.7. The van der Waals surface area contributed by atoms with Crippen molar-refractivity contribution >= 4 is 16.8 Å². The quantitative estimate of drug-likeness (QED) is 0.806. The Kier molecular flexibility index (Phi) is 3.74. The first-order valence-corrected chi connectivity index (χ1v) is 7.00. The Labute approximate surface area is 128 Å². The minimum absolute atomic E-state index is 0.195. The van der Waals surface area contributed by atoms with Crippen molar-refractivity contribution in [1.82, 2.24) is 10.3 Å². The number of fused-ring (bicyclic) bond motifs is 1. The largest absolute Gasteiger partial charge is 0.496 e. The van der Waals surface area contributed by atoms with E-state index in [1.807, 2.05) is 48.5 Å². The fraction of sp³-hybridized carbons (Fsp3) is 0.111. The molecule has 1 aromatic heterocycles. The number of hydrogen-bond donors (Lipinski definition) is 1. The second-order valence-corrected chi connectivity index (χ2v) is 4.85. The standard InChI is InChI=1S/C18H16N2O2/c1-19-18(21)15-9-8-13-14(20-15)10-11-16(22-2)17(13)12-6-4-3-5-7-12/h3-11H,1-2H3,(H,19,21). The summed E-state index contributed by atoms with van der Waals surface area (Å²) in [5, 5.41) is 3.55. The van der Waals surface area contributed by atoms with E-state index in [-0.39, 0.29) is 5.91 Å². The third-order valence-electron chi connectivity index (χ3n) is 3.58. The molecule has 1 heterocycles. The number of rotatable bonds is 3. The number of methoxy groups -OCH3 is 1. The van der Waals surface area contributed by atoms with Crippen LogP contribution in [0.3, 0.4) is 0 Å². The van der Waals surface area contributed by atoms with Crippen LogP contribution in [0.2, 0.25) is 0 Å². The van der Waals surface area contributed by atoms with E-state index in [1.54, 1.807) is 20.2 Å². The van der Waals surface area contributed by atoms with Gasteiger partial charge in [-0.05, 0) is 29.8 Å². The lowest BCUT2D eigenvalue weighted by atomic mass is 9.99. The molecule has 0 bridgehead atoms. The Hall–Kier alpha value is -2.88. The second kappa shape index (κ2) is 5.85. The molecule has 3 aromatic rings. The van der Waals surface area contributed by atoms with Crippen molar-refractivity contribution in [2.24, 2.45) is 0 Å². The van der Waals surface area contributed by atoms with Crippen LogP contribution in [-0.2, 0) is 0 Å². The molecule has 4 nitrogen and oxygen atoms in total. The first-order chi connectivity index (χ1) is 10.7. The molecule has 0 fully saturated rings. The summed E-state index contributed by atoms with van der Waals surface area (Å²) in [4.78, 5) is 16.2. The molecule has 0 unspecified atom stereocenters. The second-order valence-electron chi connectivity index (χ2n) is 4.85. The molecule has 3 rings (SSSR count). The molecule has 0 saturated heterocycles. The average Bonchev–Trinajstić information content (AvgIpc) is 2.60. The molecule has 1 N–H and O–H groups in total. The van der Waals surface area contributed by atoms with Gasteiger partial charge in [0, 0.05) is 18.0 Å². The highest BCUT2D eigenvalue weighted by Crippen LogP contribution is 2.36. The van der Waals surface area contributed by atoms with E-state index in [2.05, 4.69) is 10.3 Å². The Morgan fingerprint density at radius 2 is 1.82 bits per heavy atom. The average molecular weight is 292 g/mol. The number of aromatic nitrogens is 1. The molecule has 0 aliphatic carbocycles. The Morgan fingerprint density at radius 3 is 2.50 bits per heavy atom. The predicted molar refractivity (Wildman–Crippen MR) is 87.1 cm³/mol. The molecule has 0 radical (unpaired) electrons. The summed E-state index contributed by atoms with van der Waals surface area (Å²) in [6.07, 6.45) is 0. The van der Waals surface area contributed by atoms with Gasteiger partial charge in [0.05, 0.1) is 12.6 Å². The minimum Gasteiger partial charge on any atom is -0.496 e. The normalized spacial score (nSPS) is 10.5. The van der Waals surface area contributed by atoms with Crippen LogP contribution in [0.25, 0.3) is 22.0 Å². The fourth-order valence-corrected chi connectivity index (χ4v) is 2.51. The van der Waals surface area contributed by atoms with Crippen LogP contribution < -0.4 is 10.1 Å². The van der Waals surface area contributed by atoms with Crippen LogP contribution in [0, 0.1) is 0 Å². The summed E-state index contributed by atoms with van der Waals surface area (Å²) >= 11 is 0. The molecule has 110 valence electrons. The van der Waals surface area contributed by atoms with Gasteiger partial charge < -0.3 is 10.1 Å². The fourth-order valence-electron chi connectivity index (χ4n) is 2.51. The maximum absolute atomic E-state index is 11.7. The first-order valence-electron chi connectivity index (χ1n) is 7.00. The summed E-state index contributed by atoms with van der Waals surface area (Å²) in [6, 6.07) is 17.4. The van der Waals surface area contributed by atoms with E-state index in [0.717, 1.165) is 27.8 Å². The summed E-state index contributed by atoms with van der Waals surface area (Å²) in [6.45, 7) is 0. The van der Waals surface area contributed by atoms with Gasteiger partial charge in [-0.1, -0.05) is 30.3 Å². The zero-order valence-electron chi connectivity index (χ0n) is 12.5. The van der Waals surface area contributed by atoms with Gasteiger partial charge in [0.15, 0.2) is 0 Å². The van der Waals surface area contributed by atoms with E-state index in [4.69, 9.17) is 4.74 Å². The van der Waals surface area contributed by atoms with Gasteiger partial charge >= 0.3 is 0 Å². The third kappa shape index (κ3) is 2.39. The third-order valence-corrected chi connectivity index (χ3v) is 3.58. The highest BCUT2D eigenvalue weighted by Gasteiger charge is 2.13. The highest BCUT2D eigenvalue weighted by atomic mass is 16.5. The molecular formula is C18H16N2O2. The molecule has 0 saturated carbocycles. The number of nitrogens with one attached hydrogen (secondary N) is 1. The van der Waals surface area contributed by atoms with E-state index >= 15 is 0 Å². The van der Waals surface area contributed by atoms with Crippen LogP contribution in [0.1, 0.15) is 10.5 Å². The molecule has 4 heteroatoms. The van der Waals surface area contributed by atoms with Crippen molar-refractivity contribution in [2.75, 3.05) is 14.2 Å². The summed E-state index contributed by atoms with van der Waals surface area (Å²) in [7, 11) is 3.25. The van der Waals surface area contributed by atoms with Crippen molar-refractivity contribution in [3.8, 4) is 16.9 Å². The number of pyridine rings is 1. The van der Waals surface area contributed by atoms with Crippen molar-refractivity contribution in [2.45, 2.75) is 0 Å². The molecule has 22 heavy (non-hydrogen) atoms. The van der Waals surface area contributed by atoms with Gasteiger partial charge in [-0.3, -0.25) is 4.79 Å². The van der Waals surface area contributed by atoms with Gasteiger partial charge in [-0.15, -0.1) is 0 Å². The zero-order chi connectivity index (χ0) is 15.5.